The Morgan fingerprint density at radius 2 is 1.57 bits per heavy atom. The van der Waals surface area contributed by atoms with Gasteiger partial charge in [0.15, 0.2) is 0 Å². The Bertz CT molecular complexity index is 573. The number of hydrogen-bond donors (Lipinski definition) is 1. The molecular formula is C21H27NO. The van der Waals surface area contributed by atoms with Crippen molar-refractivity contribution in [1.82, 2.24) is 4.90 Å². The van der Waals surface area contributed by atoms with Gasteiger partial charge in [0.05, 0.1) is 6.04 Å². The van der Waals surface area contributed by atoms with Gasteiger partial charge in [-0.1, -0.05) is 74.5 Å². The molecule has 0 spiro atoms. The fourth-order valence-corrected chi connectivity index (χ4v) is 3.72. The molecule has 1 heterocycles. The molecule has 2 heteroatoms. The van der Waals surface area contributed by atoms with Crippen LogP contribution < -0.4 is 0 Å². The lowest BCUT2D eigenvalue weighted by atomic mass is 9.73. The predicted octanol–water partition coefficient (Wildman–Crippen LogP) is 4.12. The third-order valence-corrected chi connectivity index (χ3v) is 5.56. The van der Waals surface area contributed by atoms with Gasteiger partial charge in [-0.25, -0.2) is 0 Å². The highest BCUT2D eigenvalue weighted by Gasteiger charge is 2.39. The summed E-state index contributed by atoms with van der Waals surface area (Å²) in [6.45, 7) is 6.75. The zero-order valence-electron chi connectivity index (χ0n) is 14.2. The second-order valence-electron chi connectivity index (χ2n) is 7.20. The number of aliphatic hydroxyl groups is 1. The summed E-state index contributed by atoms with van der Waals surface area (Å²) in [4.78, 5) is 2.54. The topological polar surface area (TPSA) is 23.5 Å². The summed E-state index contributed by atoms with van der Waals surface area (Å²) in [7, 11) is 0. The van der Waals surface area contributed by atoms with E-state index in [2.05, 4.69) is 79.4 Å². The van der Waals surface area contributed by atoms with Crippen LogP contribution in [0.15, 0.2) is 60.7 Å². The Hall–Kier alpha value is -1.64. The summed E-state index contributed by atoms with van der Waals surface area (Å²) in [6, 6.07) is 21.7. The average Bonchev–Trinajstić information content (AvgIpc) is 2.60. The predicted molar refractivity (Wildman–Crippen MR) is 95.3 cm³/mol. The number of benzene rings is 2. The molecule has 2 aromatic carbocycles. The summed E-state index contributed by atoms with van der Waals surface area (Å²) in [5, 5.41) is 9.93. The van der Waals surface area contributed by atoms with Gasteiger partial charge in [0.2, 0.25) is 0 Å². The summed E-state index contributed by atoms with van der Waals surface area (Å²) >= 11 is 0. The fraction of sp³-hybridized carbons (Fsp3) is 0.429. The van der Waals surface area contributed by atoms with E-state index in [9.17, 15) is 5.11 Å². The first-order valence-electron chi connectivity index (χ1n) is 8.59. The largest absolute Gasteiger partial charge is 0.396 e. The van der Waals surface area contributed by atoms with Gasteiger partial charge in [0, 0.05) is 18.6 Å². The summed E-state index contributed by atoms with van der Waals surface area (Å²) in [5.41, 5.74) is 2.63. The quantitative estimate of drug-likeness (QED) is 0.918. The van der Waals surface area contributed by atoms with Crippen molar-refractivity contribution in [3.8, 4) is 0 Å². The molecular weight excluding hydrogens is 282 g/mol. The molecule has 0 unspecified atom stereocenters. The van der Waals surface area contributed by atoms with Crippen LogP contribution in [0.5, 0.6) is 0 Å². The van der Waals surface area contributed by atoms with E-state index in [0.29, 0.717) is 5.92 Å². The highest BCUT2D eigenvalue weighted by Crippen LogP contribution is 2.40. The van der Waals surface area contributed by atoms with E-state index in [1.54, 1.807) is 0 Å². The van der Waals surface area contributed by atoms with Crippen LogP contribution in [0.3, 0.4) is 0 Å². The van der Waals surface area contributed by atoms with Crippen molar-refractivity contribution >= 4 is 0 Å². The van der Waals surface area contributed by atoms with Crippen molar-refractivity contribution in [2.24, 2.45) is 11.3 Å². The first kappa shape index (κ1) is 16.2. The Labute approximate surface area is 139 Å². The highest BCUT2D eigenvalue weighted by atomic mass is 16.3. The van der Waals surface area contributed by atoms with Crippen LogP contribution in [0.25, 0.3) is 0 Å². The number of aliphatic hydroxyl groups excluding tert-OH is 1. The molecule has 2 nitrogen and oxygen atoms in total. The zero-order valence-corrected chi connectivity index (χ0v) is 14.2. The Morgan fingerprint density at radius 3 is 2.04 bits per heavy atom. The van der Waals surface area contributed by atoms with Crippen molar-refractivity contribution in [1.29, 1.82) is 0 Å². The first-order valence-corrected chi connectivity index (χ1v) is 8.59. The van der Waals surface area contributed by atoms with E-state index in [-0.39, 0.29) is 18.1 Å². The SMILES string of the molecule is C[C@@H]1CCN(C(c2ccccc2)c2ccccc2)C[C@@]1(C)CO. The number of piperidine rings is 1. The van der Waals surface area contributed by atoms with Crippen molar-refractivity contribution < 1.29 is 5.11 Å². The van der Waals surface area contributed by atoms with Crippen LogP contribution in [-0.4, -0.2) is 29.7 Å². The van der Waals surface area contributed by atoms with E-state index in [1.807, 2.05) is 0 Å². The molecule has 1 fully saturated rings. The van der Waals surface area contributed by atoms with Crippen molar-refractivity contribution in [2.45, 2.75) is 26.3 Å². The molecule has 1 aliphatic rings. The molecule has 0 aromatic heterocycles. The average molecular weight is 309 g/mol. The third kappa shape index (κ3) is 3.34. The van der Waals surface area contributed by atoms with Gasteiger partial charge in [0.25, 0.3) is 0 Å². The smallest absolute Gasteiger partial charge is 0.0602 e. The zero-order chi connectivity index (χ0) is 16.3. The van der Waals surface area contributed by atoms with Gasteiger partial charge in [-0.2, -0.15) is 0 Å². The molecule has 2 atom stereocenters. The lowest BCUT2D eigenvalue weighted by molar-refractivity contribution is -0.00903. The molecule has 2 aromatic rings. The van der Waals surface area contributed by atoms with E-state index in [4.69, 9.17) is 0 Å². The molecule has 1 saturated heterocycles. The Balaban J connectivity index is 1.96. The van der Waals surface area contributed by atoms with E-state index < -0.39 is 0 Å². The summed E-state index contributed by atoms with van der Waals surface area (Å²) < 4.78 is 0. The molecule has 23 heavy (non-hydrogen) atoms. The molecule has 3 rings (SSSR count). The van der Waals surface area contributed by atoms with Crippen LogP contribution >= 0.6 is 0 Å². The normalized spacial score (nSPS) is 25.7. The third-order valence-electron chi connectivity index (χ3n) is 5.56. The number of hydrogen-bond acceptors (Lipinski definition) is 2. The molecule has 0 aliphatic carbocycles. The van der Waals surface area contributed by atoms with Gasteiger partial charge < -0.3 is 5.11 Å². The van der Waals surface area contributed by atoms with Crippen molar-refractivity contribution in [3.05, 3.63) is 71.8 Å². The molecule has 1 N–H and O–H groups in total. The van der Waals surface area contributed by atoms with E-state index in [1.165, 1.54) is 11.1 Å². The molecule has 122 valence electrons. The van der Waals surface area contributed by atoms with Crippen molar-refractivity contribution in [3.63, 3.8) is 0 Å². The summed E-state index contributed by atoms with van der Waals surface area (Å²) in [5.74, 6) is 0.552. The minimum Gasteiger partial charge on any atom is -0.396 e. The highest BCUT2D eigenvalue weighted by molar-refractivity contribution is 5.32. The van der Waals surface area contributed by atoms with Crippen LogP contribution in [0, 0.1) is 11.3 Å². The lowest BCUT2D eigenvalue weighted by Crippen LogP contribution is -2.49. The molecule has 0 amide bonds. The second-order valence-corrected chi connectivity index (χ2v) is 7.20. The summed E-state index contributed by atoms with van der Waals surface area (Å²) in [6.07, 6.45) is 1.13. The minimum absolute atomic E-state index is 0.0277. The lowest BCUT2D eigenvalue weighted by Gasteiger charge is -2.47. The van der Waals surface area contributed by atoms with Crippen molar-refractivity contribution in [2.75, 3.05) is 19.7 Å². The van der Waals surface area contributed by atoms with Gasteiger partial charge in [-0.3, -0.25) is 4.90 Å². The van der Waals surface area contributed by atoms with Crippen LogP contribution in [-0.2, 0) is 0 Å². The van der Waals surface area contributed by atoms with Crippen LogP contribution in [0.4, 0.5) is 0 Å². The monoisotopic (exact) mass is 309 g/mol. The minimum atomic E-state index is -0.0277. The maximum absolute atomic E-state index is 9.93. The van der Waals surface area contributed by atoms with E-state index >= 15 is 0 Å². The van der Waals surface area contributed by atoms with Gasteiger partial charge in [-0.15, -0.1) is 0 Å². The maximum atomic E-state index is 9.93. The van der Waals surface area contributed by atoms with Gasteiger partial charge in [-0.05, 0) is 30.0 Å². The maximum Gasteiger partial charge on any atom is 0.0602 e. The second kappa shape index (κ2) is 6.86. The Morgan fingerprint density at radius 1 is 1.04 bits per heavy atom. The number of nitrogens with zero attached hydrogens (tertiary/aromatic N) is 1. The fourth-order valence-electron chi connectivity index (χ4n) is 3.72. The van der Waals surface area contributed by atoms with Crippen LogP contribution in [0.2, 0.25) is 0 Å². The first-order chi connectivity index (χ1) is 11.1. The van der Waals surface area contributed by atoms with Gasteiger partial charge >= 0.3 is 0 Å². The Kier molecular flexibility index (Phi) is 4.84. The molecule has 0 radical (unpaired) electrons. The molecule has 0 bridgehead atoms. The molecule has 0 saturated carbocycles. The number of likely N-dealkylation sites (tertiary alicyclic amines) is 1. The standard InChI is InChI=1S/C21H27NO/c1-17-13-14-22(15-21(17,2)16-23)20(18-9-5-3-6-10-18)19-11-7-4-8-12-19/h3-12,17,20,23H,13-16H2,1-2H3/t17-,21+/m1/s1. The van der Waals surface area contributed by atoms with Crippen LogP contribution in [0.1, 0.15) is 37.4 Å². The molecule has 1 aliphatic heterocycles. The van der Waals surface area contributed by atoms with Gasteiger partial charge in [0.1, 0.15) is 0 Å². The number of rotatable bonds is 4. The van der Waals surface area contributed by atoms with E-state index in [0.717, 1.165) is 19.5 Å².